The zero-order valence-electron chi connectivity index (χ0n) is 13.4. The lowest BCUT2D eigenvalue weighted by atomic mass is 10.1. The van der Waals surface area contributed by atoms with E-state index in [1.807, 2.05) is 36.4 Å². The van der Waals surface area contributed by atoms with Gasteiger partial charge in [0.2, 0.25) is 0 Å². The Bertz CT molecular complexity index is 520. The lowest BCUT2D eigenvalue weighted by Gasteiger charge is -2.27. The average Bonchev–Trinajstić information content (AvgIpc) is 2.38. The quantitative estimate of drug-likeness (QED) is 0.817. The summed E-state index contributed by atoms with van der Waals surface area (Å²) in [5.74, 6) is 0. The van der Waals surface area contributed by atoms with Gasteiger partial charge in [-0.3, -0.25) is 0 Å². The van der Waals surface area contributed by atoms with Crippen LogP contribution in [0.4, 0.5) is 4.79 Å². The summed E-state index contributed by atoms with van der Waals surface area (Å²) in [7, 11) is 0. The Hall–Kier alpha value is -2.10. The summed E-state index contributed by atoms with van der Waals surface area (Å²) in [5, 5.41) is 22.8. The predicted octanol–water partition coefficient (Wildman–Crippen LogP) is 2.68. The van der Waals surface area contributed by atoms with E-state index in [0.29, 0.717) is 0 Å². The highest BCUT2D eigenvalue weighted by Crippen LogP contribution is 2.10. The minimum absolute atomic E-state index is 0.194. The number of hydroxylamine groups is 2. The third-order valence-electron chi connectivity index (χ3n) is 2.86. The molecule has 0 bridgehead atoms. The van der Waals surface area contributed by atoms with E-state index >= 15 is 0 Å². The van der Waals surface area contributed by atoms with Crippen LogP contribution in [0.15, 0.2) is 30.3 Å². The van der Waals surface area contributed by atoms with Gasteiger partial charge in [0.25, 0.3) is 0 Å². The Morgan fingerprint density at radius 1 is 1.41 bits per heavy atom. The number of alkyl carbamates (subject to hydrolysis) is 1. The number of hydrogen-bond donors (Lipinski definition) is 2. The first-order chi connectivity index (χ1) is 10.2. The molecule has 1 amide bonds. The summed E-state index contributed by atoms with van der Waals surface area (Å²) in [6.45, 7) is 7.11. The molecular formula is C16H23N3O3. The summed E-state index contributed by atoms with van der Waals surface area (Å²) >= 11 is 0. The van der Waals surface area contributed by atoms with Crippen molar-refractivity contribution in [2.24, 2.45) is 0 Å². The fraction of sp³-hybridized carbons (Fsp3) is 0.500. The number of carbonyl (C=O) groups is 1. The Kier molecular flexibility index (Phi) is 6.35. The largest absolute Gasteiger partial charge is 0.444 e. The molecule has 0 fully saturated rings. The molecule has 120 valence electrons. The van der Waals surface area contributed by atoms with Crippen LogP contribution in [0.1, 0.15) is 33.3 Å². The van der Waals surface area contributed by atoms with E-state index in [1.54, 1.807) is 27.7 Å². The maximum absolute atomic E-state index is 11.7. The molecule has 0 unspecified atom stereocenters. The number of nitriles is 1. The van der Waals surface area contributed by atoms with Crippen LogP contribution in [0.3, 0.4) is 0 Å². The monoisotopic (exact) mass is 305 g/mol. The molecule has 22 heavy (non-hydrogen) atoms. The van der Waals surface area contributed by atoms with Crippen LogP contribution in [0.2, 0.25) is 0 Å². The van der Waals surface area contributed by atoms with E-state index < -0.39 is 23.8 Å². The standard InChI is InChI=1S/C16H23N3O3/c1-12(18-15(20)22-16(2,3)4)14(10-17)19(21)11-13-8-6-5-7-9-13/h5-9,12,14,21H,11H2,1-4H3,(H,18,20)/t12-,14+/m0/s1. The van der Waals surface area contributed by atoms with Crippen molar-refractivity contribution in [3.05, 3.63) is 35.9 Å². The van der Waals surface area contributed by atoms with E-state index in [-0.39, 0.29) is 6.54 Å². The number of ether oxygens (including phenoxy) is 1. The summed E-state index contributed by atoms with van der Waals surface area (Å²) < 4.78 is 5.14. The highest BCUT2D eigenvalue weighted by atomic mass is 16.6. The van der Waals surface area contributed by atoms with Gasteiger partial charge in [0, 0.05) is 0 Å². The van der Waals surface area contributed by atoms with Crippen molar-refractivity contribution in [3.63, 3.8) is 0 Å². The van der Waals surface area contributed by atoms with Crippen molar-refractivity contribution in [2.45, 2.75) is 51.9 Å². The number of rotatable bonds is 5. The number of nitrogens with zero attached hydrogens (tertiary/aromatic N) is 2. The summed E-state index contributed by atoms with van der Waals surface area (Å²) in [4.78, 5) is 11.7. The number of carbonyl (C=O) groups excluding carboxylic acids is 1. The molecule has 0 aromatic heterocycles. The topological polar surface area (TPSA) is 85.6 Å². The highest BCUT2D eigenvalue weighted by Gasteiger charge is 2.26. The van der Waals surface area contributed by atoms with Crippen molar-refractivity contribution in [1.29, 1.82) is 5.26 Å². The molecular weight excluding hydrogens is 282 g/mol. The molecule has 1 aromatic rings. The molecule has 1 aromatic carbocycles. The predicted molar refractivity (Wildman–Crippen MR) is 82.0 cm³/mol. The molecule has 2 N–H and O–H groups in total. The molecule has 0 aliphatic heterocycles. The van der Waals surface area contributed by atoms with Crippen molar-refractivity contribution in [1.82, 2.24) is 10.4 Å². The molecule has 1 rings (SSSR count). The van der Waals surface area contributed by atoms with E-state index in [1.165, 1.54) is 0 Å². The average molecular weight is 305 g/mol. The smallest absolute Gasteiger partial charge is 0.407 e. The Balaban J connectivity index is 2.62. The number of amides is 1. The molecule has 0 heterocycles. The van der Waals surface area contributed by atoms with Gasteiger partial charge in [-0.05, 0) is 33.3 Å². The van der Waals surface area contributed by atoms with Crippen molar-refractivity contribution >= 4 is 6.09 Å². The second-order valence-electron chi connectivity index (χ2n) is 6.09. The maximum atomic E-state index is 11.7. The van der Waals surface area contributed by atoms with Gasteiger partial charge in [-0.25, -0.2) is 4.79 Å². The van der Waals surface area contributed by atoms with Crippen LogP contribution in [-0.2, 0) is 11.3 Å². The third-order valence-corrected chi connectivity index (χ3v) is 2.86. The van der Waals surface area contributed by atoms with Gasteiger partial charge < -0.3 is 15.3 Å². The van der Waals surface area contributed by atoms with Gasteiger partial charge in [0.1, 0.15) is 11.6 Å². The van der Waals surface area contributed by atoms with Gasteiger partial charge in [-0.2, -0.15) is 10.3 Å². The van der Waals surface area contributed by atoms with Crippen LogP contribution in [-0.4, -0.2) is 34.0 Å². The van der Waals surface area contributed by atoms with E-state index in [4.69, 9.17) is 4.74 Å². The van der Waals surface area contributed by atoms with E-state index in [2.05, 4.69) is 5.32 Å². The molecule has 0 saturated carbocycles. The normalized spacial score (nSPS) is 14.0. The first kappa shape index (κ1) is 18.0. The molecule has 2 atom stereocenters. The van der Waals surface area contributed by atoms with Crippen LogP contribution in [0.25, 0.3) is 0 Å². The van der Waals surface area contributed by atoms with E-state index in [9.17, 15) is 15.3 Å². The fourth-order valence-corrected chi connectivity index (χ4v) is 1.88. The Morgan fingerprint density at radius 3 is 2.50 bits per heavy atom. The zero-order chi connectivity index (χ0) is 16.8. The second-order valence-corrected chi connectivity index (χ2v) is 6.09. The Labute approximate surface area is 131 Å². The molecule has 6 nitrogen and oxygen atoms in total. The fourth-order valence-electron chi connectivity index (χ4n) is 1.88. The maximum Gasteiger partial charge on any atom is 0.407 e. The summed E-state index contributed by atoms with van der Waals surface area (Å²) in [6.07, 6.45) is -0.617. The van der Waals surface area contributed by atoms with Crippen LogP contribution < -0.4 is 5.32 Å². The molecule has 6 heteroatoms. The lowest BCUT2D eigenvalue weighted by molar-refractivity contribution is -0.126. The molecule has 0 aliphatic rings. The highest BCUT2D eigenvalue weighted by molar-refractivity contribution is 5.68. The first-order valence-corrected chi connectivity index (χ1v) is 7.11. The molecule has 0 radical (unpaired) electrons. The lowest BCUT2D eigenvalue weighted by Crippen LogP contribution is -2.49. The molecule has 0 aliphatic carbocycles. The van der Waals surface area contributed by atoms with Gasteiger partial charge >= 0.3 is 6.09 Å². The van der Waals surface area contributed by atoms with Gasteiger partial charge in [0.05, 0.1) is 18.7 Å². The summed E-state index contributed by atoms with van der Waals surface area (Å²) in [6, 6.07) is 9.81. The number of benzene rings is 1. The van der Waals surface area contributed by atoms with Gasteiger partial charge in [-0.15, -0.1) is 0 Å². The third kappa shape index (κ3) is 6.12. The van der Waals surface area contributed by atoms with Crippen molar-refractivity contribution in [2.75, 3.05) is 0 Å². The van der Waals surface area contributed by atoms with Gasteiger partial charge in [0.15, 0.2) is 0 Å². The molecule has 0 spiro atoms. The number of nitrogens with one attached hydrogen (secondary N) is 1. The van der Waals surface area contributed by atoms with Crippen molar-refractivity contribution < 1.29 is 14.7 Å². The van der Waals surface area contributed by atoms with Crippen LogP contribution in [0.5, 0.6) is 0 Å². The van der Waals surface area contributed by atoms with Crippen LogP contribution >= 0.6 is 0 Å². The summed E-state index contributed by atoms with van der Waals surface area (Å²) in [5.41, 5.74) is 0.254. The van der Waals surface area contributed by atoms with Crippen molar-refractivity contribution in [3.8, 4) is 6.07 Å². The minimum atomic E-state index is -0.882. The minimum Gasteiger partial charge on any atom is -0.444 e. The SMILES string of the molecule is C[C@H](NC(=O)OC(C)(C)C)[C@@H](C#N)N(O)Cc1ccccc1. The first-order valence-electron chi connectivity index (χ1n) is 7.11. The van der Waals surface area contributed by atoms with Gasteiger partial charge in [-0.1, -0.05) is 30.3 Å². The zero-order valence-corrected chi connectivity index (χ0v) is 13.4. The van der Waals surface area contributed by atoms with E-state index in [0.717, 1.165) is 10.6 Å². The van der Waals surface area contributed by atoms with Crippen LogP contribution in [0, 0.1) is 11.3 Å². The number of hydrogen-bond acceptors (Lipinski definition) is 5. The Morgan fingerprint density at radius 2 is 2.00 bits per heavy atom. The second kappa shape index (κ2) is 7.78. The molecule has 0 saturated heterocycles.